The summed E-state index contributed by atoms with van der Waals surface area (Å²) >= 11 is 0. The van der Waals surface area contributed by atoms with Crippen LogP contribution in [0.15, 0.2) is 18.2 Å². The molecule has 3 heteroatoms. The Morgan fingerprint density at radius 2 is 1.63 bits per heavy atom. The van der Waals surface area contributed by atoms with E-state index < -0.39 is 11.7 Å². The van der Waals surface area contributed by atoms with Crippen molar-refractivity contribution in [2.24, 2.45) is 0 Å². The number of benzene rings is 1. The van der Waals surface area contributed by atoms with Crippen molar-refractivity contribution < 1.29 is 13.2 Å². The lowest BCUT2D eigenvalue weighted by Crippen LogP contribution is -2.57. The number of halogens is 3. The molecule has 0 unspecified atom stereocenters. The largest absolute Gasteiger partial charge is 0.416 e. The topological polar surface area (TPSA) is 0 Å². The third kappa shape index (κ3) is 1.53. The van der Waals surface area contributed by atoms with Crippen LogP contribution in [-0.2, 0) is 17.0 Å². The molecule has 0 heterocycles. The van der Waals surface area contributed by atoms with Crippen LogP contribution in [0.3, 0.4) is 0 Å². The minimum atomic E-state index is -4.24. The summed E-state index contributed by atoms with van der Waals surface area (Å²) in [6, 6.07) is 4.73. The summed E-state index contributed by atoms with van der Waals surface area (Å²) in [6.07, 6.45) is 1.33. The third-order valence-corrected chi connectivity index (χ3v) is 5.41. The summed E-state index contributed by atoms with van der Waals surface area (Å²) in [5.41, 5.74) is 0.721. The van der Waals surface area contributed by atoms with Gasteiger partial charge in [0.05, 0.1) is 5.56 Å². The highest BCUT2D eigenvalue weighted by molar-refractivity contribution is 5.58. The number of rotatable bonds is 0. The summed E-state index contributed by atoms with van der Waals surface area (Å²) in [6.45, 7) is 3.99. The first kappa shape index (κ1) is 13.0. The van der Waals surface area contributed by atoms with Crippen LogP contribution in [0, 0.1) is 0 Å². The minimum Gasteiger partial charge on any atom is -0.166 e. The lowest BCUT2D eigenvalue weighted by Gasteiger charge is -2.60. The van der Waals surface area contributed by atoms with Crippen molar-refractivity contribution in [1.82, 2.24) is 0 Å². The van der Waals surface area contributed by atoms with Crippen molar-refractivity contribution >= 4 is 0 Å². The summed E-state index contributed by atoms with van der Waals surface area (Å²) in [5.74, 6) is 0. The highest BCUT2D eigenvalue weighted by Gasteiger charge is 2.59. The summed E-state index contributed by atoms with van der Waals surface area (Å²) in [5, 5.41) is 0. The molecule has 0 radical (unpaired) electrons. The van der Waals surface area contributed by atoms with Gasteiger partial charge in [-0.05, 0) is 30.0 Å². The fourth-order valence-electron chi connectivity index (χ4n) is 4.42. The van der Waals surface area contributed by atoms with Crippen molar-refractivity contribution in [3.05, 3.63) is 34.9 Å². The first-order valence-corrected chi connectivity index (χ1v) is 7.02. The summed E-state index contributed by atoms with van der Waals surface area (Å²) < 4.78 is 39.5. The maximum atomic E-state index is 13.2. The molecule has 0 nitrogen and oxygen atoms in total. The molecule has 19 heavy (non-hydrogen) atoms. The van der Waals surface area contributed by atoms with Crippen molar-refractivity contribution in [1.29, 1.82) is 0 Å². The molecule has 2 aliphatic rings. The molecule has 0 N–H and O–H groups in total. The van der Waals surface area contributed by atoms with Gasteiger partial charge in [0.25, 0.3) is 0 Å². The average Bonchev–Trinajstić information content (AvgIpc) is 2.38. The summed E-state index contributed by atoms with van der Waals surface area (Å²) in [7, 11) is 0. The maximum absolute atomic E-state index is 13.2. The minimum absolute atomic E-state index is 0.0121. The Hall–Kier alpha value is -0.990. The van der Waals surface area contributed by atoms with Crippen LogP contribution in [0.4, 0.5) is 13.2 Å². The zero-order chi connectivity index (χ0) is 13.9. The van der Waals surface area contributed by atoms with E-state index in [0.29, 0.717) is 5.56 Å². The van der Waals surface area contributed by atoms with E-state index in [1.165, 1.54) is 12.5 Å². The highest BCUT2D eigenvalue weighted by Crippen LogP contribution is 2.64. The Morgan fingerprint density at radius 3 is 2.21 bits per heavy atom. The molecule has 104 valence electrons. The number of hydrogen-bond acceptors (Lipinski definition) is 0. The van der Waals surface area contributed by atoms with Gasteiger partial charge >= 0.3 is 6.18 Å². The monoisotopic (exact) mass is 268 g/mol. The van der Waals surface area contributed by atoms with E-state index in [9.17, 15) is 13.2 Å². The smallest absolute Gasteiger partial charge is 0.166 e. The predicted octanol–water partition coefficient (Wildman–Crippen LogP) is 5.20. The maximum Gasteiger partial charge on any atom is 0.416 e. The zero-order valence-electron chi connectivity index (χ0n) is 11.4. The van der Waals surface area contributed by atoms with Crippen LogP contribution in [0.5, 0.6) is 0 Å². The second-order valence-electron chi connectivity index (χ2n) is 6.49. The number of alkyl halides is 3. The second-order valence-corrected chi connectivity index (χ2v) is 6.49. The Bertz CT molecular complexity index is 505. The van der Waals surface area contributed by atoms with Crippen molar-refractivity contribution in [2.45, 2.75) is 63.0 Å². The molecular formula is C16H19F3. The van der Waals surface area contributed by atoms with E-state index in [0.717, 1.165) is 31.2 Å². The normalized spacial score (nSPS) is 23.8. The van der Waals surface area contributed by atoms with E-state index in [1.54, 1.807) is 6.07 Å². The number of hydrogen-bond donors (Lipinski definition) is 0. The van der Waals surface area contributed by atoms with Gasteiger partial charge in [-0.3, -0.25) is 0 Å². The predicted molar refractivity (Wildman–Crippen MR) is 69.2 cm³/mol. The van der Waals surface area contributed by atoms with E-state index in [4.69, 9.17) is 0 Å². The molecule has 1 spiro atoms. The molecule has 1 aromatic carbocycles. The molecule has 0 amide bonds. The van der Waals surface area contributed by atoms with Crippen molar-refractivity contribution in [2.75, 3.05) is 0 Å². The molecule has 2 aliphatic carbocycles. The van der Waals surface area contributed by atoms with E-state index in [2.05, 4.69) is 0 Å². The average molecular weight is 268 g/mol. The highest BCUT2D eigenvalue weighted by atomic mass is 19.4. The molecule has 0 aliphatic heterocycles. The van der Waals surface area contributed by atoms with Gasteiger partial charge in [0.2, 0.25) is 0 Å². The quantitative estimate of drug-likeness (QED) is 0.606. The Labute approximate surface area is 112 Å². The third-order valence-electron chi connectivity index (χ3n) is 5.41. The molecule has 0 atom stereocenters. The van der Waals surface area contributed by atoms with Gasteiger partial charge in [-0.15, -0.1) is 0 Å². The molecule has 1 fully saturated rings. The van der Waals surface area contributed by atoms with E-state index >= 15 is 0 Å². The molecule has 0 bridgehead atoms. The van der Waals surface area contributed by atoms with Crippen LogP contribution >= 0.6 is 0 Å². The van der Waals surface area contributed by atoms with Gasteiger partial charge in [0.1, 0.15) is 0 Å². The Kier molecular flexibility index (Phi) is 2.58. The fraction of sp³-hybridized carbons (Fsp3) is 0.625. The molecule has 0 saturated heterocycles. The van der Waals surface area contributed by atoms with Crippen molar-refractivity contribution in [3.63, 3.8) is 0 Å². The van der Waals surface area contributed by atoms with Gasteiger partial charge in [0.15, 0.2) is 0 Å². The SMILES string of the molecule is CC1(C)c2c(C(F)(F)F)cccc2C12CCCCC2. The molecule has 1 aromatic rings. The van der Waals surface area contributed by atoms with Crippen LogP contribution in [0.25, 0.3) is 0 Å². The standard InChI is InChI=1S/C16H19F3/c1-14(2)13-11(15(14)9-4-3-5-10-15)7-6-8-12(13)16(17,18)19/h6-8H,3-5,9-10H2,1-2H3. The van der Waals surface area contributed by atoms with Gasteiger partial charge in [0, 0.05) is 10.8 Å². The summed E-state index contributed by atoms with van der Waals surface area (Å²) in [4.78, 5) is 0. The van der Waals surface area contributed by atoms with Crippen LogP contribution in [0.1, 0.15) is 62.6 Å². The van der Waals surface area contributed by atoms with Crippen LogP contribution in [0.2, 0.25) is 0 Å². The van der Waals surface area contributed by atoms with Crippen LogP contribution in [-0.4, -0.2) is 0 Å². The van der Waals surface area contributed by atoms with E-state index in [1.807, 2.05) is 19.9 Å². The van der Waals surface area contributed by atoms with Gasteiger partial charge < -0.3 is 0 Å². The van der Waals surface area contributed by atoms with Gasteiger partial charge in [-0.2, -0.15) is 13.2 Å². The molecular weight excluding hydrogens is 249 g/mol. The Balaban J connectivity index is 2.17. The molecule has 3 rings (SSSR count). The Morgan fingerprint density at radius 1 is 1.00 bits per heavy atom. The number of fused-ring (bicyclic) bond motifs is 2. The first-order valence-electron chi connectivity index (χ1n) is 7.02. The molecule has 0 aromatic heterocycles. The lowest BCUT2D eigenvalue weighted by molar-refractivity contribution is -0.140. The first-order chi connectivity index (χ1) is 8.81. The second kappa shape index (κ2) is 3.77. The van der Waals surface area contributed by atoms with Crippen molar-refractivity contribution in [3.8, 4) is 0 Å². The molecule has 1 saturated carbocycles. The lowest BCUT2D eigenvalue weighted by atomic mass is 9.43. The van der Waals surface area contributed by atoms with Crippen LogP contribution < -0.4 is 0 Å². The zero-order valence-corrected chi connectivity index (χ0v) is 11.4. The van der Waals surface area contributed by atoms with Gasteiger partial charge in [-0.1, -0.05) is 45.2 Å². The van der Waals surface area contributed by atoms with E-state index in [-0.39, 0.29) is 10.8 Å². The van der Waals surface area contributed by atoms with Gasteiger partial charge in [-0.25, -0.2) is 0 Å². The fourth-order valence-corrected chi connectivity index (χ4v) is 4.42.